The van der Waals surface area contributed by atoms with Crippen LogP contribution in [0.4, 0.5) is 0 Å². The first-order chi connectivity index (χ1) is 18.3. The smallest absolute Gasteiger partial charge is 0.137 e. The lowest BCUT2D eigenvalue weighted by Crippen LogP contribution is -1.98. The van der Waals surface area contributed by atoms with Gasteiger partial charge >= 0.3 is 0 Å². The number of aromatic nitrogens is 5. The molecule has 0 saturated carbocycles. The lowest BCUT2D eigenvalue weighted by Gasteiger charge is -2.11. The number of hydrogen-bond acceptors (Lipinski definition) is 4. The van der Waals surface area contributed by atoms with Crippen molar-refractivity contribution in [3.05, 3.63) is 128 Å². The molecule has 2 aromatic carbocycles. The van der Waals surface area contributed by atoms with Crippen LogP contribution in [0.3, 0.4) is 0 Å². The number of fused-ring (bicyclic) bond motifs is 3. The van der Waals surface area contributed by atoms with Crippen LogP contribution in [-0.4, -0.2) is 24.5 Å². The zero-order chi connectivity index (χ0) is 24.6. The quantitative estimate of drug-likeness (QED) is 0.267. The number of rotatable bonds is 4. The minimum atomic E-state index is 0.842. The molecule has 0 aliphatic heterocycles. The molecule has 5 aromatic heterocycles. The molecule has 0 radical (unpaired) electrons. The average molecular weight is 476 g/mol. The van der Waals surface area contributed by atoms with Crippen molar-refractivity contribution in [3.8, 4) is 39.5 Å². The van der Waals surface area contributed by atoms with Gasteiger partial charge in [0.05, 0.1) is 27.9 Å². The highest BCUT2D eigenvalue weighted by Gasteiger charge is 2.14. The van der Waals surface area contributed by atoms with Gasteiger partial charge in [-0.25, -0.2) is 9.97 Å². The largest absolute Gasteiger partial charge is 0.292 e. The first-order valence-corrected chi connectivity index (χ1v) is 12.1. The monoisotopic (exact) mass is 475 g/mol. The third-order valence-corrected chi connectivity index (χ3v) is 6.59. The predicted octanol–water partition coefficient (Wildman–Crippen LogP) is 7.36. The minimum Gasteiger partial charge on any atom is -0.292 e. The molecular formula is C32H21N5. The van der Waals surface area contributed by atoms with Crippen molar-refractivity contribution in [1.29, 1.82) is 0 Å². The molecular weight excluding hydrogens is 454 g/mol. The molecule has 7 aromatic rings. The summed E-state index contributed by atoms with van der Waals surface area (Å²) in [7, 11) is 0. The lowest BCUT2D eigenvalue weighted by atomic mass is 10.0. The van der Waals surface area contributed by atoms with Crippen LogP contribution in [0.25, 0.3) is 61.4 Å². The third kappa shape index (κ3) is 3.74. The maximum absolute atomic E-state index is 4.99. The minimum absolute atomic E-state index is 0.842. The molecule has 0 spiro atoms. The second-order valence-corrected chi connectivity index (χ2v) is 8.86. The summed E-state index contributed by atoms with van der Waals surface area (Å²) in [5.41, 5.74) is 8.99. The average Bonchev–Trinajstić information content (AvgIpc) is 3.32. The second kappa shape index (κ2) is 8.81. The van der Waals surface area contributed by atoms with E-state index in [-0.39, 0.29) is 0 Å². The molecule has 0 bridgehead atoms. The SMILES string of the molecule is c1ccc(-c2cc(-c3cccnc3)nc(-c3ccc(-n4c5ccccc5c5ncccc54)nc3)c2)cc1. The van der Waals surface area contributed by atoms with Crippen molar-refractivity contribution >= 4 is 21.9 Å². The predicted molar refractivity (Wildman–Crippen MR) is 148 cm³/mol. The number of para-hydroxylation sites is 1. The van der Waals surface area contributed by atoms with Gasteiger partial charge in [-0.15, -0.1) is 0 Å². The molecule has 0 fully saturated rings. The van der Waals surface area contributed by atoms with E-state index in [4.69, 9.17) is 9.97 Å². The molecule has 5 heterocycles. The van der Waals surface area contributed by atoms with E-state index in [2.05, 4.69) is 81.3 Å². The first kappa shape index (κ1) is 21.1. The fraction of sp³-hybridized carbons (Fsp3) is 0. The third-order valence-electron chi connectivity index (χ3n) is 6.59. The standard InChI is InChI=1S/C32H21N5/c1-2-8-22(9-3-1)25-18-27(23-10-6-16-33-20-23)36-28(19-25)24-14-15-31(35-21-24)37-29-12-5-4-11-26(29)32-30(37)13-7-17-34-32/h1-21H. The fourth-order valence-electron chi connectivity index (χ4n) is 4.84. The Morgan fingerprint density at radius 1 is 0.514 bits per heavy atom. The van der Waals surface area contributed by atoms with Crippen molar-refractivity contribution in [2.75, 3.05) is 0 Å². The first-order valence-electron chi connectivity index (χ1n) is 12.1. The van der Waals surface area contributed by atoms with E-state index in [0.29, 0.717) is 0 Å². The van der Waals surface area contributed by atoms with Crippen molar-refractivity contribution < 1.29 is 0 Å². The van der Waals surface area contributed by atoms with Crippen LogP contribution in [-0.2, 0) is 0 Å². The van der Waals surface area contributed by atoms with Crippen LogP contribution in [0.5, 0.6) is 0 Å². The zero-order valence-electron chi connectivity index (χ0n) is 19.9. The van der Waals surface area contributed by atoms with Gasteiger partial charge in [-0.2, -0.15) is 0 Å². The molecule has 0 amide bonds. The van der Waals surface area contributed by atoms with Gasteiger partial charge in [0.25, 0.3) is 0 Å². The van der Waals surface area contributed by atoms with E-state index >= 15 is 0 Å². The molecule has 5 nitrogen and oxygen atoms in total. The molecule has 0 N–H and O–H groups in total. The van der Waals surface area contributed by atoms with Gasteiger partial charge in [-0.3, -0.25) is 14.5 Å². The zero-order valence-corrected chi connectivity index (χ0v) is 19.9. The molecule has 7 rings (SSSR count). The molecule has 37 heavy (non-hydrogen) atoms. The Kier molecular flexibility index (Phi) is 5.03. The normalized spacial score (nSPS) is 11.2. The van der Waals surface area contributed by atoms with Crippen molar-refractivity contribution in [1.82, 2.24) is 24.5 Å². The Hall–Kier alpha value is -5.16. The van der Waals surface area contributed by atoms with Crippen LogP contribution in [0.15, 0.2) is 128 Å². The summed E-state index contributed by atoms with van der Waals surface area (Å²) in [6, 6.07) is 35.1. The highest BCUT2D eigenvalue weighted by Crippen LogP contribution is 2.32. The van der Waals surface area contributed by atoms with Crippen LogP contribution < -0.4 is 0 Å². The Balaban J connectivity index is 1.37. The number of pyridine rings is 4. The maximum Gasteiger partial charge on any atom is 0.137 e. The van der Waals surface area contributed by atoms with Crippen LogP contribution in [0, 0.1) is 0 Å². The molecule has 0 aliphatic rings. The Bertz CT molecular complexity index is 1750. The summed E-state index contributed by atoms with van der Waals surface area (Å²) in [5.74, 6) is 0.842. The van der Waals surface area contributed by atoms with E-state index in [1.54, 1.807) is 6.20 Å². The molecule has 174 valence electrons. The summed E-state index contributed by atoms with van der Waals surface area (Å²) in [6.45, 7) is 0. The van der Waals surface area contributed by atoms with Gasteiger partial charge in [-0.05, 0) is 65.7 Å². The van der Waals surface area contributed by atoms with Gasteiger partial charge in [0.1, 0.15) is 5.82 Å². The lowest BCUT2D eigenvalue weighted by molar-refractivity contribution is 1.08. The van der Waals surface area contributed by atoms with Crippen molar-refractivity contribution in [2.45, 2.75) is 0 Å². The van der Waals surface area contributed by atoms with Crippen LogP contribution >= 0.6 is 0 Å². The highest BCUT2D eigenvalue weighted by atomic mass is 15.1. The summed E-state index contributed by atoms with van der Waals surface area (Å²) in [5, 5.41) is 1.11. The molecule has 0 aliphatic carbocycles. The summed E-state index contributed by atoms with van der Waals surface area (Å²) in [4.78, 5) is 18.8. The van der Waals surface area contributed by atoms with Gasteiger partial charge < -0.3 is 0 Å². The van der Waals surface area contributed by atoms with Crippen LogP contribution in [0.1, 0.15) is 0 Å². The van der Waals surface area contributed by atoms with E-state index in [1.165, 1.54) is 0 Å². The van der Waals surface area contributed by atoms with Crippen molar-refractivity contribution in [2.24, 2.45) is 0 Å². The van der Waals surface area contributed by atoms with E-state index in [0.717, 1.165) is 61.4 Å². The number of hydrogen-bond donors (Lipinski definition) is 0. The molecule has 5 heteroatoms. The fourth-order valence-corrected chi connectivity index (χ4v) is 4.84. The summed E-state index contributed by atoms with van der Waals surface area (Å²) >= 11 is 0. The van der Waals surface area contributed by atoms with E-state index in [1.807, 2.05) is 55.0 Å². The molecule has 0 unspecified atom stereocenters. The number of benzene rings is 2. The Labute approximate surface area is 213 Å². The summed E-state index contributed by atoms with van der Waals surface area (Å²) < 4.78 is 2.16. The Morgan fingerprint density at radius 3 is 2.03 bits per heavy atom. The van der Waals surface area contributed by atoms with Gasteiger partial charge in [0.2, 0.25) is 0 Å². The Morgan fingerprint density at radius 2 is 1.24 bits per heavy atom. The van der Waals surface area contributed by atoms with E-state index in [9.17, 15) is 0 Å². The topological polar surface area (TPSA) is 56.5 Å². The van der Waals surface area contributed by atoms with Gasteiger partial charge in [0.15, 0.2) is 0 Å². The second-order valence-electron chi connectivity index (χ2n) is 8.86. The van der Waals surface area contributed by atoms with Crippen LogP contribution in [0.2, 0.25) is 0 Å². The molecule has 0 saturated heterocycles. The number of nitrogens with zero attached hydrogens (tertiary/aromatic N) is 5. The van der Waals surface area contributed by atoms with E-state index < -0.39 is 0 Å². The molecule has 0 atom stereocenters. The summed E-state index contributed by atoms with van der Waals surface area (Å²) in [6.07, 6.45) is 7.36. The van der Waals surface area contributed by atoms with Gasteiger partial charge in [-0.1, -0.05) is 48.5 Å². The van der Waals surface area contributed by atoms with Gasteiger partial charge in [0, 0.05) is 41.3 Å². The highest BCUT2D eigenvalue weighted by molar-refractivity contribution is 6.06. The maximum atomic E-state index is 4.99. The van der Waals surface area contributed by atoms with Crippen molar-refractivity contribution in [3.63, 3.8) is 0 Å².